The lowest BCUT2D eigenvalue weighted by molar-refractivity contribution is -0.384. The molecule has 116 valence electrons. The minimum absolute atomic E-state index is 0.246. The van der Waals surface area contributed by atoms with E-state index in [0.29, 0.717) is 0 Å². The number of hydrogen-bond donors (Lipinski definition) is 3. The molecule has 0 aromatic heterocycles. The van der Waals surface area contributed by atoms with Crippen molar-refractivity contribution in [1.29, 1.82) is 0 Å². The van der Waals surface area contributed by atoms with Gasteiger partial charge in [-0.2, -0.15) is 4.72 Å². The van der Waals surface area contributed by atoms with Crippen LogP contribution in [-0.2, 0) is 14.8 Å². The first-order valence-corrected chi connectivity index (χ1v) is 7.35. The summed E-state index contributed by atoms with van der Waals surface area (Å²) < 4.78 is 25.8. The highest BCUT2D eigenvalue weighted by molar-refractivity contribution is 7.89. The molecule has 0 saturated heterocycles. The third-order valence-electron chi connectivity index (χ3n) is 2.44. The molecule has 0 unspecified atom stereocenters. The summed E-state index contributed by atoms with van der Waals surface area (Å²) in [5, 5.41) is 28.0. The summed E-state index contributed by atoms with van der Waals surface area (Å²) in [7, 11) is -4.30. The zero-order chi connectivity index (χ0) is 16.2. The maximum atomic E-state index is 12.0. The van der Waals surface area contributed by atoms with E-state index < -0.39 is 44.1 Å². The highest BCUT2D eigenvalue weighted by Crippen LogP contribution is 2.27. The van der Waals surface area contributed by atoms with Crippen molar-refractivity contribution >= 4 is 33.3 Å². The number of rotatable bonds is 7. The molecule has 1 atom stereocenters. The van der Waals surface area contributed by atoms with Crippen LogP contribution in [0.25, 0.3) is 0 Å². The Morgan fingerprint density at radius 1 is 1.48 bits per heavy atom. The van der Waals surface area contributed by atoms with Crippen LogP contribution in [0.5, 0.6) is 0 Å². The number of halogens is 1. The molecule has 0 heterocycles. The van der Waals surface area contributed by atoms with Crippen LogP contribution in [-0.4, -0.2) is 42.2 Å². The molecule has 0 saturated carbocycles. The highest BCUT2D eigenvalue weighted by atomic mass is 35.5. The number of aliphatic hydroxyl groups is 1. The monoisotopic (exact) mass is 338 g/mol. The lowest BCUT2D eigenvalue weighted by Gasteiger charge is -2.13. The molecule has 0 aliphatic rings. The minimum Gasteiger partial charge on any atom is -0.480 e. The maximum Gasteiger partial charge on any atom is 0.321 e. The van der Waals surface area contributed by atoms with Crippen molar-refractivity contribution in [3.8, 4) is 0 Å². The fraction of sp³-hybridized carbons (Fsp3) is 0.300. The fourth-order valence-electron chi connectivity index (χ4n) is 1.42. The molecule has 1 aromatic carbocycles. The summed E-state index contributed by atoms with van der Waals surface area (Å²) in [4.78, 5) is 20.2. The molecule has 0 amide bonds. The highest BCUT2D eigenvalue weighted by Gasteiger charge is 2.27. The number of sulfonamides is 1. The number of aliphatic carboxylic acids is 1. The fourth-order valence-corrected chi connectivity index (χ4v) is 2.85. The Morgan fingerprint density at radius 3 is 2.57 bits per heavy atom. The smallest absolute Gasteiger partial charge is 0.321 e. The Bertz CT molecular complexity index is 661. The molecule has 0 bridgehead atoms. The van der Waals surface area contributed by atoms with Crippen LogP contribution < -0.4 is 4.72 Å². The molecule has 0 radical (unpaired) electrons. The molecule has 9 nitrogen and oxygen atoms in total. The van der Waals surface area contributed by atoms with E-state index in [1.807, 2.05) is 4.72 Å². The van der Waals surface area contributed by atoms with Gasteiger partial charge in [-0.05, 0) is 18.6 Å². The van der Waals surface area contributed by atoms with Crippen molar-refractivity contribution in [2.75, 3.05) is 6.61 Å². The SMILES string of the molecule is O=C(O)[C@H](CCO)NS(=O)(=O)c1ccc(Cl)c([N+](=O)[O-])c1. The molecule has 0 fully saturated rings. The zero-order valence-corrected chi connectivity index (χ0v) is 12.0. The lowest BCUT2D eigenvalue weighted by atomic mass is 10.2. The van der Waals surface area contributed by atoms with Gasteiger partial charge in [-0.25, -0.2) is 8.42 Å². The van der Waals surface area contributed by atoms with Crippen molar-refractivity contribution in [3.63, 3.8) is 0 Å². The van der Waals surface area contributed by atoms with Gasteiger partial charge in [0.1, 0.15) is 11.1 Å². The normalized spacial score (nSPS) is 12.9. The van der Waals surface area contributed by atoms with Crippen LogP contribution in [0.4, 0.5) is 5.69 Å². The first kappa shape index (κ1) is 17.3. The Labute approximate surface area is 124 Å². The molecule has 0 spiro atoms. The van der Waals surface area contributed by atoms with Gasteiger partial charge < -0.3 is 10.2 Å². The predicted octanol–water partition coefficient (Wildman–Crippen LogP) is 0.362. The summed E-state index contributed by atoms with van der Waals surface area (Å²) in [6.45, 7) is -0.541. The Morgan fingerprint density at radius 2 is 2.10 bits per heavy atom. The number of benzene rings is 1. The molecule has 3 N–H and O–H groups in total. The number of nitro benzene ring substituents is 1. The average Bonchev–Trinajstić information content (AvgIpc) is 2.37. The van der Waals surface area contributed by atoms with Crippen LogP contribution in [0.15, 0.2) is 23.1 Å². The standard InChI is InChI=1S/C10H11ClN2O7S/c11-7-2-1-6(5-9(7)13(17)18)21(19,20)12-8(3-4-14)10(15)16/h1-2,5,8,12,14H,3-4H2,(H,15,16)/t8-/m0/s1. The second-order valence-corrected chi connectivity index (χ2v) is 6.02. The number of aliphatic hydroxyl groups excluding tert-OH is 1. The van der Waals surface area contributed by atoms with Crippen LogP contribution in [0.3, 0.4) is 0 Å². The predicted molar refractivity (Wildman–Crippen MR) is 71.6 cm³/mol. The summed E-state index contributed by atoms with van der Waals surface area (Å²) >= 11 is 5.56. The number of carboxylic acid groups (broad SMARTS) is 1. The molecule has 11 heteroatoms. The van der Waals surface area contributed by atoms with Crippen molar-refractivity contribution in [1.82, 2.24) is 4.72 Å². The second kappa shape index (κ2) is 6.80. The van der Waals surface area contributed by atoms with Gasteiger partial charge in [0.15, 0.2) is 0 Å². The Hall–Kier alpha value is -1.75. The van der Waals surface area contributed by atoms with Crippen molar-refractivity contribution in [2.24, 2.45) is 0 Å². The number of nitrogens with zero attached hydrogens (tertiary/aromatic N) is 1. The number of carboxylic acids is 1. The van der Waals surface area contributed by atoms with Gasteiger partial charge in [0.05, 0.1) is 9.82 Å². The number of nitro groups is 1. The van der Waals surface area contributed by atoms with Crippen molar-refractivity contribution < 1.29 is 28.3 Å². The number of nitrogens with one attached hydrogen (secondary N) is 1. The van der Waals surface area contributed by atoms with Gasteiger partial charge in [-0.1, -0.05) is 11.6 Å². The van der Waals surface area contributed by atoms with E-state index in [-0.39, 0.29) is 11.4 Å². The van der Waals surface area contributed by atoms with Gasteiger partial charge >= 0.3 is 5.97 Å². The molecule has 0 aliphatic carbocycles. The van der Waals surface area contributed by atoms with E-state index >= 15 is 0 Å². The third-order valence-corrected chi connectivity index (χ3v) is 4.23. The van der Waals surface area contributed by atoms with Crippen molar-refractivity contribution in [2.45, 2.75) is 17.4 Å². The lowest BCUT2D eigenvalue weighted by Crippen LogP contribution is -2.41. The van der Waals surface area contributed by atoms with Gasteiger partial charge in [0, 0.05) is 12.7 Å². The number of carbonyl (C=O) groups is 1. The van der Waals surface area contributed by atoms with Gasteiger partial charge in [0.25, 0.3) is 5.69 Å². The van der Waals surface area contributed by atoms with Crippen LogP contribution in [0.1, 0.15) is 6.42 Å². The molecular formula is C10H11ClN2O7S. The van der Waals surface area contributed by atoms with Crippen LogP contribution in [0.2, 0.25) is 5.02 Å². The van der Waals surface area contributed by atoms with E-state index in [9.17, 15) is 23.3 Å². The van der Waals surface area contributed by atoms with Crippen LogP contribution in [0, 0.1) is 10.1 Å². The zero-order valence-electron chi connectivity index (χ0n) is 10.4. The molecule has 1 aromatic rings. The molecular weight excluding hydrogens is 328 g/mol. The van der Waals surface area contributed by atoms with Crippen molar-refractivity contribution in [3.05, 3.63) is 33.3 Å². The Kier molecular flexibility index (Phi) is 5.61. The topological polar surface area (TPSA) is 147 Å². The second-order valence-electron chi connectivity index (χ2n) is 3.89. The van der Waals surface area contributed by atoms with E-state index in [1.165, 1.54) is 0 Å². The maximum absolute atomic E-state index is 12.0. The molecule has 1 rings (SSSR count). The van der Waals surface area contributed by atoms with Crippen LogP contribution >= 0.6 is 11.6 Å². The first-order chi connectivity index (χ1) is 9.69. The summed E-state index contributed by atoms with van der Waals surface area (Å²) in [5.41, 5.74) is -0.617. The quantitative estimate of drug-likeness (QED) is 0.480. The summed E-state index contributed by atoms with van der Waals surface area (Å²) in [6, 6.07) is 1.21. The summed E-state index contributed by atoms with van der Waals surface area (Å²) in [5.74, 6) is -1.48. The molecule has 21 heavy (non-hydrogen) atoms. The van der Waals surface area contributed by atoms with Gasteiger partial charge in [-0.3, -0.25) is 14.9 Å². The summed E-state index contributed by atoms with van der Waals surface area (Å²) in [6.07, 6.45) is -0.343. The van der Waals surface area contributed by atoms with E-state index in [4.69, 9.17) is 21.8 Å². The van der Waals surface area contributed by atoms with Gasteiger partial charge in [-0.15, -0.1) is 0 Å². The van der Waals surface area contributed by atoms with E-state index in [2.05, 4.69) is 0 Å². The largest absolute Gasteiger partial charge is 0.480 e. The van der Waals surface area contributed by atoms with Gasteiger partial charge in [0.2, 0.25) is 10.0 Å². The number of hydrogen-bond acceptors (Lipinski definition) is 6. The Balaban J connectivity index is 3.16. The molecule has 0 aliphatic heterocycles. The third kappa shape index (κ3) is 4.36. The minimum atomic E-state index is -4.30. The first-order valence-electron chi connectivity index (χ1n) is 5.49. The average molecular weight is 339 g/mol. The van der Waals surface area contributed by atoms with E-state index in [1.54, 1.807) is 0 Å². The van der Waals surface area contributed by atoms with E-state index in [0.717, 1.165) is 18.2 Å².